The Labute approximate surface area is 146 Å². The predicted molar refractivity (Wildman–Crippen MR) is 87.7 cm³/mol. The van der Waals surface area contributed by atoms with Crippen LogP contribution in [0.5, 0.6) is 0 Å². The number of aromatic nitrogens is 2. The average Bonchev–Trinajstić information content (AvgIpc) is 3.03. The maximum absolute atomic E-state index is 12.7. The Morgan fingerprint density at radius 2 is 2.08 bits per heavy atom. The second kappa shape index (κ2) is 6.83. The van der Waals surface area contributed by atoms with Crippen LogP contribution in [-0.4, -0.2) is 94.2 Å². The summed E-state index contributed by atoms with van der Waals surface area (Å²) in [5, 5.41) is 4.11. The smallest absolute Gasteiger partial charge is 0.275 e. The Balaban J connectivity index is 1.80. The second-order valence-electron chi connectivity index (χ2n) is 6.37. The zero-order valence-corrected chi connectivity index (χ0v) is 14.7. The van der Waals surface area contributed by atoms with E-state index in [0.717, 1.165) is 0 Å². The van der Waals surface area contributed by atoms with E-state index in [1.54, 1.807) is 43.1 Å². The highest BCUT2D eigenvalue weighted by Gasteiger charge is 2.46. The lowest BCUT2D eigenvalue weighted by Crippen LogP contribution is -2.70. The van der Waals surface area contributed by atoms with Crippen LogP contribution < -0.4 is 0 Å². The Morgan fingerprint density at radius 1 is 1.32 bits per heavy atom. The summed E-state index contributed by atoms with van der Waals surface area (Å²) in [6.45, 7) is 3.78. The van der Waals surface area contributed by atoms with E-state index in [9.17, 15) is 14.4 Å². The molecule has 0 radical (unpaired) electrons. The molecule has 0 saturated carbocycles. The number of aryl methyl sites for hydroxylation is 1. The number of fused-ring (bicyclic) bond motifs is 1. The maximum atomic E-state index is 12.7. The van der Waals surface area contributed by atoms with Crippen LogP contribution in [0, 0.1) is 0 Å². The lowest BCUT2D eigenvalue weighted by molar-refractivity contribution is -0.160. The van der Waals surface area contributed by atoms with Gasteiger partial charge in [0.1, 0.15) is 17.8 Å². The molecule has 2 aliphatic rings. The third-order valence-corrected chi connectivity index (χ3v) is 4.82. The van der Waals surface area contributed by atoms with Crippen LogP contribution in [-0.2, 0) is 21.4 Å². The van der Waals surface area contributed by atoms with Crippen molar-refractivity contribution in [3.05, 3.63) is 18.0 Å². The summed E-state index contributed by atoms with van der Waals surface area (Å²) >= 11 is 0. The van der Waals surface area contributed by atoms with E-state index in [1.807, 2.05) is 0 Å². The van der Waals surface area contributed by atoms with Crippen molar-refractivity contribution in [2.45, 2.75) is 19.0 Å². The molecule has 0 spiro atoms. The van der Waals surface area contributed by atoms with Crippen LogP contribution in [0.3, 0.4) is 0 Å². The fourth-order valence-electron chi connectivity index (χ4n) is 3.36. The van der Waals surface area contributed by atoms with Gasteiger partial charge in [0.2, 0.25) is 11.8 Å². The van der Waals surface area contributed by atoms with Gasteiger partial charge in [-0.1, -0.05) is 0 Å². The number of nitrogens with zero attached hydrogens (tertiary/aromatic N) is 5. The summed E-state index contributed by atoms with van der Waals surface area (Å²) in [6, 6.07) is 0.366. The van der Waals surface area contributed by atoms with Crippen molar-refractivity contribution in [1.29, 1.82) is 0 Å². The Bertz CT molecular complexity index is 688. The zero-order valence-electron chi connectivity index (χ0n) is 14.7. The molecule has 0 aliphatic carbocycles. The number of ether oxygens (including phenoxy) is 1. The lowest BCUT2D eigenvalue weighted by Gasteiger charge is -2.48. The molecule has 2 saturated heterocycles. The van der Waals surface area contributed by atoms with Crippen LogP contribution in [0.15, 0.2) is 12.3 Å². The van der Waals surface area contributed by atoms with Gasteiger partial charge in [-0.05, 0) is 13.0 Å². The summed E-state index contributed by atoms with van der Waals surface area (Å²) in [4.78, 5) is 42.9. The maximum Gasteiger partial charge on any atom is 0.275 e. The molecule has 0 aromatic carbocycles. The third-order valence-electron chi connectivity index (χ3n) is 4.82. The third kappa shape index (κ3) is 3.11. The van der Waals surface area contributed by atoms with E-state index in [0.29, 0.717) is 26.2 Å². The zero-order chi connectivity index (χ0) is 18.1. The first-order chi connectivity index (χ1) is 11.9. The first-order valence-electron chi connectivity index (χ1n) is 8.33. The first-order valence-corrected chi connectivity index (χ1v) is 8.33. The van der Waals surface area contributed by atoms with E-state index >= 15 is 0 Å². The molecule has 9 nitrogen and oxygen atoms in total. The molecule has 1 aromatic rings. The average molecular weight is 349 g/mol. The second-order valence-corrected chi connectivity index (χ2v) is 6.37. The molecule has 25 heavy (non-hydrogen) atoms. The molecule has 0 bridgehead atoms. The highest BCUT2D eigenvalue weighted by Crippen LogP contribution is 2.23. The molecule has 3 heterocycles. The molecule has 0 unspecified atom stereocenters. The molecule has 3 amide bonds. The molecule has 136 valence electrons. The number of piperazine rings is 2. The van der Waals surface area contributed by atoms with Gasteiger partial charge in [0.05, 0.1) is 13.2 Å². The van der Waals surface area contributed by atoms with Gasteiger partial charge in [0, 0.05) is 40.0 Å². The first kappa shape index (κ1) is 17.4. The minimum Gasteiger partial charge on any atom is -0.383 e. The van der Waals surface area contributed by atoms with Crippen molar-refractivity contribution >= 4 is 17.7 Å². The number of rotatable bonds is 4. The minimum atomic E-state index is -0.637. The molecule has 2 atom stereocenters. The standard InChI is InChI=1S/C16H23N5O4/c1-11-14(22)20-7-6-19(8-9-25-3)16(24)13(20)10-21(11)15(23)12-4-5-18(2)17-12/h4-5,11,13H,6-10H2,1-3H3/t11-,13-/m0/s1. The fourth-order valence-corrected chi connectivity index (χ4v) is 3.36. The number of hydrogen-bond donors (Lipinski definition) is 0. The molecular weight excluding hydrogens is 326 g/mol. The summed E-state index contributed by atoms with van der Waals surface area (Å²) in [5.41, 5.74) is 0.273. The van der Waals surface area contributed by atoms with Crippen LogP contribution in [0.2, 0.25) is 0 Å². The molecule has 2 aliphatic heterocycles. The van der Waals surface area contributed by atoms with E-state index in [1.165, 1.54) is 9.58 Å². The molecule has 0 N–H and O–H groups in total. The minimum absolute atomic E-state index is 0.137. The van der Waals surface area contributed by atoms with Gasteiger partial charge >= 0.3 is 0 Å². The quantitative estimate of drug-likeness (QED) is 0.692. The van der Waals surface area contributed by atoms with E-state index in [4.69, 9.17) is 4.74 Å². The van der Waals surface area contributed by atoms with Crippen molar-refractivity contribution in [1.82, 2.24) is 24.5 Å². The monoisotopic (exact) mass is 349 g/mol. The lowest BCUT2D eigenvalue weighted by atomic mass is 10.0. The van der Waals surface area contributed by atoms with Gasteiger partial charge in [-0.2, -0.15) is 5.10 Å². The van der Waals surface area contributed by atoms with E-state index < -0.39 is 12.1 Å². The van der Waals surface area contributed by atoms with E-state index in [2.05, 4.69) is 5.10 Å². The molecule has 9 heteroatoms. The van der Waals surface area contributed by atoms with Crippen molar-refractivity contribution < 1.29 is 19.1 Å². The number of amides is 3. The molecule has 2 fully saturated rings. The SMILES string of the molecule is COCCN1CCN2C(=O)[C@H](C)N(C(=O)c3ccn(C)n3)C[C@H]2C1=O. The summed E-state index contributed by atoms with van der Waals surface area (Å²) in [6.07, 6.45) is 1.67. The Morgan fingerprint density at radius 3 is 2.72 bits per heavy atom. The summed E-state index contributed by atoms with van der Waals surface area (Å²) in [7, 11) is 3.31. The van der Waals surface area contributed by atoms with Gasteiger partial charge in [0.15, 0.2) is 0 Å². The number of carbonyl (C=O) groups excluding carboxylic acids is 3. The van der Waals surface area contributed by atoms with Crippen LogP contribution in [0.25, 0.3) is 0 Å². The largest absolute Gasteiger partial charge is 0.383 e. The van der Waals surface area contributed by atoms with Crippen molar-refractivity contribution in [3.8, 4) is 0 Å². The molecule has 1 aromatic heterocycles. The van der Waals surface area contributed by atoms with Gasteiger partial charge in [-0.15, -0.1) is 0 Å². The van der Waals surface area contributed by atoms with Gasteiger partial charge in [-0.25, -0.2) is 0 Å². The van der Waals surface area contributed by atoms with Crippen LogP contribution in [0.4, 0.5) is 0 Å². The van der Waals surface area contributed by atoms with Crippen LogP contribution >= 0.6 is 0 Å². The predicted octanol–water partition coefficient (Wildman–Crippen LogP) is -1.05. The number of carbonyl (C=O) groups is 3. The highest BCUT2D eigenvalue weighted by molar-refractivity contribution is 5.99. The normalized spacial score (nSPS) is 23.9. The number of hydrogen-bond acceptors (Lipinski definition) is 5. The van der Waals surface area contributed by atoms with Crippen molar-refractivity contribution in [2.24, 2.45) is 7.05 Å². The molecular formula is C16H23N5O4. The van der Waals surface area contributed by atoms with Gasteiger partial charge < -0.3 is 19.4 Å². The van der Waals surface area contributed by atoms with Crippen molar-refractivity contribution in [2.75, 3.05) is 39.9 Å². The summed E-state index contributed by atoms with van der Waals surface area (Å²) in [5.74, 6) is -0.662. The number of methoxy groups -OCH3 is 1. The van der Waals surface area contributed by atoms with Gasteiger partial charge in [-0.3, -0.25) is 19.1 Å². The van der Waals surface area contributed by atoms with Crippen LogP contribution in [0.1, 0.15) is 17.4 Å². The summed E-state index contributed by atoms with van der Waals surface area (Å²) < 4.78 is 6.57. The topological polar surface area (TPSA) is 88.0 Å². The van der Waals surface area contributed by atoms with Crippen molar-refractivity contribution in [3.63, 3.8) is 0 Å². The van der Waals surface area contributed by atoms with E-state index in [-0.39, 0.29) is 30.0 Å². The highest BCUT2D eigenvalue weighted by atomic mass is 16.5. The molecule has 3 rings (SSSR count). The Kier molecular flexibility index (Phi) is 4.76. The Hall–Kier alpha value is -2.42. The fraction of sp³-hybridized carbons (Fsp3) is 0.625. The van der Waals surface area contributed by atoms with Gasteiger partial charge in [0.25, 0.3) is 5.91 Å².